The van der Waals surface area contributed by atoms with Crippen molar-refractivity contribution < 1.29 is 4.39 Å². The predicted octanol–water partition coefficient (Wildman–Crippen LogP) is 3.96. The van der Waals surface area contributed by atoms with E-state index in [1.54, 1.807) is 12.1 Å². The molecule has 142 valence electrons. The van der Waals surface area contributed by atoms with E-state index in [0.717, 1.165) is 5.69 Å². The van der Waals surface area contributed by atoms with Crippen molar-refractivity contribution in [2.24, 2.45) is 0 Å². The molecule has 0 unspecified atom stereocenters. The summed E-state index contributed by atoms with van der Waals surface area (Å²) in [5.41, 5.74) is 3.25. The van der Waals surface area contributed by atoms with E-state index in [2.05, 4.69) is 40.3 Å². The van der Waals surface area contributed by atoms with Gasteiger partial charge in [0.15, 0.2) is 5.82 Å². The van der Waals surface area contributed by atoms with E-state index in [0.29, 0.717) is 29.5 Å². The maximum Gasteiger partial charge on any atom is 0.274 e. The molecule has 2 N–H and O–H groups in total. The number of rotatable bonds is 5. The average Bonchev–Trinajstić information content (AvgIpc) is 3.12. The fourth-order valence-corrected chi connectivity index (χ4v) is 3.10. The Morgan fingerprint density at radius 1 is 1.11 bits per heavy atom. The lowest BCUT2D eigenvalue weighted by Crippen LogP contribution is -2.17. The van der Waals surface area contributed by atoms with Crippen LogP contribution < -0.4 is 10.9 Å². The van der Waals surface area contributed by atoms with Crippen molar-refractivity contribution in [1.29, 1.82) is 0 Å². The van der Waals surface area contributed by atoms with Crippen molar-refractivity contribution in [1.82, 2.24) is 19.6 Å². The van der Waals surface area contributed by atoms with Crippen LogP contribution in [0.1, 0.15) is 31.0 Å². The van der Waals surface area contributed by atoms with Crippen LogP contribution in [0.3, 0.4) is 0 Å². The standard InChI is InChI=1S/C21H20FN5O/c1-13(2)17-5-3-4-6-18(17)23-12-16-11-19(28)27-21(24-16)25-20(26-27)14-7-9-15(22)10-8-14/h3-11,13,23H,12H2,1-2H3,(H,24,25,26). The molecular weight excluding hydrogens is 357 g/mol. The Morgan fingerprint density at radius 3 is 2.61 bits per heavy atom. The van der Waals surface area contributed by atoms with Gasteiger partial charge in [-0.25, -0.2) is 9.37 Å². The summed E-state index contributed by atoms with van der Waals surface area (Å²) in [5.74, 6) is 0.792. The zero-order valence-corrected chi connectivity index (χ0v) is 15.6. The summed E-state index contributed by atoms with van der Waals surface area (Å²) in [6.07, 6.45) is 0. The number of aromatic amines is 1. The van der Waals surface area contributed by atoms with Gasteiger partial charge in [0.1, 0.15) is 5.82 Å². The Labute approximate surface area is 161 Å². The van der Waals surface area contributed by atoms with Crippen LogP contribution in [0.5, 0.6) is 0 Å². The molecule has 4 aromatic rings. The first-order valence-corrected chi connectivity index (χ1v) is 9.08. The number of fused-ring (bicyclic) bond motifs is 1. The van der Waals surface area contributed by atoms with Crippen LogP contribution in [-0.2, 0) is 6.54 Å². The fourth-order valence-electron chi connectivity index (χ4n) is 3.10. The third-order valence-electron chi connectivity index (χ3n) is 4.54. The van der Waals surface area contributed by atoms with Crippen LogP contribution in [0.25, 0.3) is 17.2 Å². The van der Waals surface area contributed by atoms with Gasteiger partial charge in [0.2, 0.25) is 0 Å². The Morgan fingerprint density at radius 2 is 1.86 bits per heavy atom. The zero-order chi connectivity index (χ0) is 19.7. The second-order valence-electron chi connectivity index (χ2n) is 6.90. The van der Waals surface area contributed by atoms with Gasteiger partial charge in [-0.1, -0.05) is 32.0 Å². The summed E-state index contributed by atoms with van der Waals surface area (Å²) in [7, 11) is 0. The largest absolute Gasteiger partial charge is 0.379 e. The van der Waals surface area contributed by atoms with E-state index >= 15 is 0 Å². The van der Waals surface area contributed by atoms with Gasteiger partial charge < -0.3 is 5.32 Å². The van der Waals surface area contributed by atoms with Crippen molar-refractivity contribution in [3.8, 4) is 11.4 Å². The smallest absolute Gasteiger partial charge is 0.274 e. The maximum absolute atomic E-state index is 13.1. The lowest BCUT2D eigenvalue weighted by Gasteiger charge is -2.14. The molecule has 0 aliphatic rings. The third-order valence-corrected chi connectivity index (χ3v) is 4.54. The lowest BCUT2D eigenvalue weighted by atomic mass is 10.0. The average molecular weight is 377 g/mol. The highest BCUT2D eigenvalue weighted by Gasteiger charge is 2.11. The van der Waals surface area contributed by atoms with E-state index in [1.165, 1.54) is 28.3 Å². The van der Waals surface area contributed by atoms with Gasteiger partial charge in [0.05, 0.1) is 12.2 Å². The van der Waals surface area contributed by atoms with Crippen molar-refractivity contribution in [3.05, 3.63) is 82.0 Å². The molecule has 2 aromatic heterocycles. The molecule has 0 atom stereocenters. The molecule has 6 nitrogen and oxygen atoms in total. The van der Waals surface area contributed by atoms with Gasteiger partial charge in [0.25, 0.3) is 11.3 Å². The Bertz CT molecular complexity index is 1180. The molecule has 0 saturated heterocycles. The second kappa shape index (κ2) is 7.26. The summed E-state index contributed by atoms with van der Waals surface area (Å²) >= 11 is 0. The second-order valence-corrected chi connectivity index (χ2v) is 6.90. The number of halogens is 1. The number of para-hydroxylation sites is 1. The Kier molecular flexibility index (Phi) is 4.65. The van der Waals surface area contributed by atoms with E-state index in [-0.39, 0.29) is 17.2 Å². The molecule has 0 aliphatic heterocycles. The lowest BCUT2D eigenvalue weighted by molar-refractivity contribution is 0.628. The number of hydrogen-bond acceptors (Lipinski definition) is 4. The number of H-pyrrole nitrogens is 1. The molecule has 0 amide bonds. The molecule has 0 radical (unpaired) electrons. The third kappa shape index (κ3) is 3.51. The first-order chi connectivity index (χ1) is 13.5. The number of nitrogens with zero attached hydrogens (tertiary/aromatic N) is 3. The van der Waals surface area contributed by atoms with Crippen molar-refractivity contribution in [3.63, 3.8) is 0 Å². The quantitative estimate of drug-likeness (QED) is 0.552. The molecule has 4 rings (SSSR count). The van der Waals surface area contributed by atoms with E-state index < -0.39 is 0 Å². The van der Waals surface area contributed by atoms with Crippen LogP contribution in [0, 0.1) is 5.82 Å². The van der Waals surface area contributed by atoms with Crippen molar-refractivity contribution in [2.45, 2.75) is 26.3 Å². The van der Waals surface area contributed by atoms with Gasteiger partial charge in [-0.15, -0.1) is 0 Å². The number of nitrogens with one attached hydrogen (secondary N) is 2. The van der Waals surface area contributed by atoms with Crippen LogP contribution in [0.2, 0.25) is 0 Å². The highest BCUT2D eigenvalue weighted by atomic mass is 19.1. The molecular formula is C21H20FN5O. The van der Waals surface area contributed by atoms with Gasteiger partial charge in [0, 0.05) is 17.3 Å². The van der Waals surface area contributed by atoms with Crippen molar-refractivity contribution >= 4 is 11.5 Å². The SMILES string of the molecule is CC(C)c1ccccc1NCc1cc(=O)n2[nH]c(-c3ccc(F)cc3)nc2n1. The number of aromatic nitrogens is 4. The van der Waals surface area contributed by atoms with Gasteiger partial charge in [-0.2, -0.15) is 9.50 Å². The van der Waals surface area contributed by atoms with E-state index in [9.17, 15) is 9.18 Å². The fraction of sp³-hybridized carbons (Fsp3) is 0.190. The number of anilines is 1. The molecule has 0 bridgehead atoms. The Hall–Kier alpha value is -3.48. The minimum Gasteiger partial charge on any atom is -0.379 e. The molecule has 0 spiro atoms. The van der Waals surface area contributed by atoms with Gasteiger partial charge in [-0.05, 0) is 41.8 Å². The highest BCUT2D eigenvalue weighted by Crippen LogP contribution is 2.24. The summed E-state index contributed by atoms with van der Waals surface area (Å²) < 4.78 is 14.4. The first kappa shape index (κ1) is 17.9. The minimum atomic E-state index is -0.329. The van der Waals surface area contributed by atoms with Gasteiger partial charge >= 0.3 is 0 Å². The topological polar surface area (TPSA) is 75.1 Å². The maximum atomic E-state index is 13.1. The molecule has 0 aliphatic carbocycles. The van der Waals surface area contributed by atoms with Crippen LogP contribution in [-0.4, -0.2) is 19.6 Å². The van der Waals surface area contributed by atoms with Gasteiger partial charge in [-0.3, -0.25) is 9.89 Å². The van der Waals surface area contributed by atoms with E-state index in [1.807, 2.05) is 18.2 Å². The number of benzene rings is 2. The monoisotopic (exact) mass is 377 g/mol. The van der Waals surface area contributed by atoms with Crippen LogP contribution >= 0.6 is 0 Å². The normalized spacial score (nSPS) is 11.3. The molecule has 2 heterocycles. The summed E-state index contributed by atoms with van der Waals surface area (Å²) in [6, 6.07) is 15.5. The Balaban J connectivity index is 1.63. The van der Waals surface area contributed by atoms with Crippen LogP contribution in [0.4, 0.5) is 10.1 Å². The first-order valence-electron chi connectivity index (χ1n) is 9.08. The zero-order valence-electron chi connectivity index (χ0n) is 15.6. The van der Waals surface area contributed by atoms with Crippen LogP contribution in [0.15, 0.2) is 59.4 Å². The summed E-state index contributed by atoms with van der Waals surface area (Å²) in [4.78, 5) is 21.3. The van der Waals surface area contributed by atoms with E-state index in [4.69, 9.17) is 0 Å². The molecule has 2 aromatic carbocycles. The highest BCUT2D eigenvalue weighted by molar-refractivity contribution is 5.57. The number of hydrogen-bond donors (Lipinski definition) is 2. The summed E-state index contributed by atoms with van der Waals surface area (Å²) in [6.45, 7) is 4.68. The summed E-state index contributed by atoms with van der Waals surface area (Å²) in [5, 5.41) is 6.27. The molecule has 28 heavy (non-hydrogen) atoms. The molecule has 0 fully saturated rings. The molecule has 0 saturated carbocycles. The van der Waals surface area contributed by atoms with Crippen molar-refractivity contribution in [2.75, 3.05) is 5.32 Å². The minimum absolute atomic E-state index is 0.250. The predicted molar refractivity (Wildman–Crippen MR) is 107 cm³/mol. The molecule has 7 heteroatoms.